The fraction of sp³-hybridized carbons (Fsp3) is 0.467. The number of ether oxygens (including phenoxy) is 3. The van der Waals surface area contributed by atoms with Gasteiger partial charge in [-0.2, -0.15) is 0 Å². The van der Waals surface area contributed by atoms with E-state index in [0.29, 0.717) is 35.6 Å². The second kappa shape index (κ2) is 6.97. The van der Waals surface area contributed by atoms with E-state index in [2.05, 4.69) is 5.32 Å². The lowest BCUT2D eigenvalue weighted by Gasteiger charge is -2.21. The van der Waals surface area contributed by atoms with E-state index in [-0.39, 0.29) is 0 Å². The number of aldehydes is 1. The van der Waals surface area contributed by atoms with Gasteiger partial charge >= 0.3 is 6.09 Å². The number of hydrogen-bond donors (Lipinski definition) is 1. The van der Waals surface area contributed by atoms with Crippen LogP contribution in [-0.4, -0.2) is 31.7 Å². The number of rotatable bonds is 5. The minimum absolute atomic E-state index is 0.319. The van der Waals surface area contributed by atoms with Crippen molar-refractivity contribution in [3.63, 3.8) is 0 Å². The monoisotopic (exact) mass is 295 g/mol. The van der Waals surface area contributed by atoms with Crippen molar-refractivity contribution in [3.05, 3.63) is 17.7 Å². The Labute approximate surface area is 124 Å². The number of methoxy groups -OCH3 is 1. The van der Waals surface area contributed by atoms with Crippen LogP contribution in [0.25, 0.3) is 0 Å². The topological polar surface area (TPSA) is 73.9 Å². The van der Waals surface area contributed by atoms with E-state index in [1.54, 1.807) is 26.8 Å². The van der Waals surface area contributed by atoms with Gasteiger partial charge in [-0.25, -0.2) is 4.79 Å². The minimum atomic E-state index is -0.633. The molecule has 0 heterocycles. The molecule has 1 aromatic rings. The van der Waals surface area contributed by atoms with Gasteiger partial charge in [0.1, 0.15) is 11.9 Å². The van der Waals surface area contributed by atoms with E-state index in [4.69, 9.17) is 14.2 Å². The van der Waals surface area contributed by atoms with E-state index < -0.39 is 11.7 Å². The smallest absolute Gasteiger partial charge is 0.412 e. The second-order valence-electron chi connectivity index (χ2n) is 5.28. The van der Waals surface area contributed by atoms with Crippen molar-refractivity contribution in [3.8, 4) is 11.5 Å². The van der Waals surface area contributed by atoms with E-state index in [0.717, 1.165) is 0 Å². The summed E-state index contributed by atoms with van der Waals surface area (Å²) < 4.78 is 15.8. The van der Waals surface area contributed by atoms with Crippen molar-refractivity contribution in [2.75, 3.05) is 19.0 Å². The molecule has 0 radical (unpaired) electrons. The third-order valence-electron chi connectivity index (χ3n) is 2.35. The first kappa shape index (κ1) is 16.8. The molecule has 21 heavy (non-hydrogen) atoms. The quantitative estimate of drug-likeness (QED) is 0.844. The third kappa shape index (κ3) is 4.98. The molecule has 1 amide bonds. The zero-order valence-corrected chi connectivity index (χ0v) is 13.0. The lowest BCUT2D eigenvalue weighted by molar-refractivity contribution is 0.0635. The van der Waals surface area contributed by atoms with E-state index in [1.165, 1.54) is 13.2 Å². The van der Waals surface area contributed by atoms with Gasteiger partial charge in [-0.1, -0.05) is 0 Å². The van der Waals surface area contributed by atoms with Gasteiger partial charge in [0, 0.05) is 5.56 Å². The molecule has 0 aromatic heterocycles. The van der Waals surface area contributed by atoms with Crippen molar-refractivity contribution in [1.82, 2.24) is 0 Å². The van der Waals surface area contributed by atoms with Crippen LogP contribution in [-0.2, 0) is 4.74 Å². The van der Waals surface area contributed by atoms with E-state index in [1.807, 2.05) is 6.92 Å². The van der Waals surface area contributed by atoms with Crippen LogP contribution in [0.3, 0.4) is 0 Å². The number of anilines is 1. The van der Waals surface area contributed by atoms with Crippen LogP contribution >= 0.6 is 0 Å². The van der Waals surface area contributed by atoms with Gasteiger partial charge in [-0.3, -0.25) is 10.1 Å². The highest BCUT2D eigenvalue weighted by Crippen LogP contribution is 2.36. The maximum atomic E-state index is 11.8. The molecule has 6 nitrogen and oxygen atoms in total. The zero-order valence-electron chi connectivity index (χ0n) is 13.0. The molecular weight excluding hydrogens is 274 g/mol. The normalized spacial score (nSPS) is 10.7. The average molecular weight is 295 g/mol. The van der Waals surface area contributed by atoms with Crippen LogP contribution < -0.4 is 14.8 Å². The molecule has 116 valence electrons. The molecule has 1 rings (SSSR count). The average Bonchev–Trinajstić information content (AvgIpc) is 2.36. The van der Waals surface area contributed by atoms with Gasteiger partial charge in [0.2, 0.25) is 0 Å². The molecule has 0 bridgehead atoms. The molecular formula is C15H21NO5. The summed E-state index contributed by atoms with van der Waals surface area (Å²) in [6, 6.07) is 3.05. The van der Waals surface area contributed by atoms with Gasteiger partial charge in [0.05, 0.1) is 19.4 Å². The van der Waals surface area contributed by atoms with Crippen LogP contribution in [0.4, 0.5) is 10.5 Å². The number of amides is 1. The third-order valence-corrected chi connectivity index (χ3v) is 2.35. The van der Waals surface area contributed by atoms with Gasteiger partial charge in [-0.05, 0) is 39.8 Å². The molecule has 0 saturated carbocycles. The molecule has 0 unspecified atom stereocenters. The molecule has 0 saturated heterocycles. The Morgan fingerprint density at radius 1 is 1.33 bits per heavy atom. The summed E-state index contributed by atoms with van der Waals surface area (Å²) in [6.45, 7) is 7.50. The number of carbonyl (C=O) groups is 2. The first-order chi connectivity index (χ1) is 9.80. The highest BCUT2D eigenvalue weighted by Gasteiger charge is 2.19. The maximum absolute atomic E-state index is 11.8. The Balaban J connectivity index is 3.11. The molecule has 0 aliphatic rings. The predicted octanol–water partition coefficient (Wildman–Crippen LogP) is 3.25. The summed E-state index contributed by atoms with van der Waals surface area (Å²) in [5.41, 5.74) is 0.0626. The highest BCUT2D eigenvalue weighted by atomic mass is 16.6. The first-order valence-corrected chi connectivity index (χ1v) is 6.60. The molecule has 0 fully saturated rings. The molecule has 1 N–H and O–H groups in total. The lowest BCUT2D eigenvalue weighted by Crippen LogP contribution is -2.27. The van der Waals surface area contributed by atoms with Gasteiger partial charge in [-0.15, -0.1) is 0 Å². The van der Waals surface area contributed by atoms with Crippen molar-refractivity contribution in [2.24, 2.45) is 0 Å². The van der Waals surface area contributed by atoms with Crippen LogP contribution in [0.15, 0.2) is 12.1 Å². The number of benzene rings is 1. The second-order valence-corrected chi connectivity index (χ2v) is 5.28. The lowest BCUT2D eigenvalue weighted by atomic mass is 10.2. The summed E-state index contributed by atoms with van der Waals surface area (Å²) in [6.07, 6.45) is 0.0358. The molecule has 1 aromatic carbocycles. The van der Waals surface area contributed by atoms with Crippen LogP contribution in [0, 0.1) is 0 Å². The summed E-state index contributed by atoms with van der Waals surface area (Å²) in [5.74, 6) is 0.726. The number of carbonyl (C=O) groups excluding carboxylic acids is 2. The summed E-state index contributed by atoms with van der Waals surface area (Å²) >= 11 is 0. The van der Waals surface area contributed by atoms with Crippen molar-refractivity contribution in [2.45, 2.75) is 33.3 Å². The van der Waals surface area contributed by atoms with Gasteiger partial charge < -0.3 is 14.2 Å². The fourth-order valence-corrected chi connectivity index (χ4v) is 1.67. The van der Waals surface area contributed by atoms with E-state index in [9.17, 15) is 9.59 Å². The number of nitrogens with one attached hydrogen (secondary N) is 1. The Morgan fingerprint density at radius 2 is 2.00 bits per heavy atom. The largest absolute Gasteiger partial charge is 0.491 e. The summed E-state index contributed by atoms with van der Waals surface area (Å²) in [4.78, 5) is 22.8. The Kier molecular flexibility index (Phi) is 5.58. The minimum Gasteiger partial charge on any atom is -0.491 e. The predicted molar refractivity (Wildman–Crippen MR) is 79.4 cm³/mol. The molecule has 0 aliphatic heterocycles. The van der Waals surface area contributed by atoms with Crippen molar-refractivity contribution >= 4 is 18.1 Å². The van der Waals surface area contributed by atoms with Crippen LogP contribution in [0.1, 0.15) is 38.1 Å². The van der Waals surface area contributed by atoms with Crippen LogP contribution in [0.2, 0.25) is 0 Å². The highest BCUT2D eigenvalue weighted by molar-refractivity contribution is 5.90. The van der Waals surface area contributed by atoms with Crippen LogP contribution in [0.5, 0.6) is 11.5 Å². The standard InChI is InChI=1S/C15H21NO5/c1-6-20-12-8-10(9-17)7-11(13(12)19-5)16-14(18)21-15(2,3)4/h7-9H,6H2,1-5H3,(H,16,18). The molecule has 6 heteroatoms. The van der Waals surface area contributed by atoms with Gasteiger partial charge in [0.15, 0.2) is 11.5 Å². The van der Waals surface area contributed by atoms with Crippen molar-refractivity contribution < 1.29 is 23.8 Å². The fourth-order valence-electron chi connectivity index (χ4n) is 1.67. The summed E-state index contributed by atoms with van der Waals surface area (Å²) in [7, 11) is 1.46. The molecule has 0 atom stereocenters. The molecule has 0 aliphatic carbocycles. The first-order valence-electron chi connectivity index (χ1n) is 6.60. The SMILES string of the molecule is CCOc1cc(C=O)cc(NC(=O)OC(C)(C)C)c1OC. The zero-order chi connectivity index (χ0) is 16.0. The number of hydrogen-bond acceptors (Lipinski definition) is 5. The molecule has 0 spiro atoms. The Morgan fingerprint density at radius 3 is 2.48 bits per heavy atom. The summed E-state index contributed by atoms with van der Waals surface area (Å²) in [5, 5.41) is 2.57. The maximum Gasteiger partial charge on any atom is 0.412 e. The van der Waals surface area contributed by atoms with Crippen molar-refractivity contribution in [1.29, 1.82) is 0 Å². The van der Waals surface area contributed by atoms with Gasteiger partial charge in [0.25, 0.3) is 0 Å². The Hall–Kier alpha value is -2.24. The Bertz CT molecular complexity index is 520. The van der Waals surface area contributed by atoms with E-state index >= 15 is 0 Å².